The maximum absolute atomic E-state index is 12.0. The summed E-state index contributed by atoms with van der Waals surface area (Å²) in [6.07, 6.45) is 5.31. The number of furan rings is 1. The van der Waals surface area contributed by atoms with Crippen molar-refractivity contribution in [3.05, 3.63) is 108 Å². The number of hydrogen-bond acceptors (Lipinski definition) is 6. The average Bonchev–Trinajstić information content (AvgIpc) is 3.50. The van der Waals surface area contributed by atoms with E-state index in [9.17, 15) is 4.79 Å². The van der Waals surface area contributed by atoms with Crippen LogP contribution in [0.15, 0.2) is 89.7 Å². The molecule has 1 aromatic carbocycles. The summed E-state index contributed by atoms with van der Waals surface area (Å²) in [5, 5.41) is 4.06. The van der Waals surface area contributed by atoms with Crippen molar-refractivity contribution in [1.29, 1.82) is 0 Å². The van der Waals surface area contributed by atoms with E-state index in [0.29, 0.717) is 23.0 Å². The van der Waals surface area contributed by atoms with E-state index >= 15 is 0 Å². The minimum Gasteiger partial charge on any atom is -0.465 e. The largest absolute Gasteiger partial charge is 0.465 e. The fraction of sp³-hybridized carbons (Fsp3) is 0.154. The highest BCUT2D eigenvalue weighted by atomic mass is 32.1. The summed E-state index contributed by atoms with van der Waals surface area (Å²) in [5.41, 5.74) is 3.21. The Morgan fingerprint density at radius 2 is 1.94 bits per heavy atom. The molecule has 4 heterocycles. The Balaban J connectivity index is 1.52. The number of aromatic nitrogens is 2. The lowest BCUT2D eigenvalue weighted by Crippen LogP contribution is -2.29. The van der Waals surface area contributed by atoms with E-state index in [1.165, 1.54) is 7.11 Å². The summed E-state index contributed by atoms with van der Waals surface area (Å²) in [5.74, 6) is 1.01. The van der Waals surface area contributed by atoms with E-state index in [4.69, 9.17) is 21.4 Å². The van der Waals surface area contributed by atoms with Crippen LogP contribution in [0, 0.1) is 0 Å². The summed E-state index contributed by atoms with van der Waals surface area (Å²) < 4.78 is 11.2. The lowest BCUT2D eigenvalue weighted by atomic mass is 10.0. The molecule has 0 amide bonds. The highest BCUT2D eigenvalue weighted by molar-refractivity contribution is 7.80. The van der Waals surface area contributed by atoms with Crippen LogP contribution in [0.2, 0.25) is 0 Å². The number of nitrogens with one attached hydrogen (secondary N) is 1. The minimum atomic E-state index is -0.391. The maximum atomic E-state index is 12.0. The summed E-state index contributed by atoms with van der Waals surface area (Å²) in [4.78, 5) is 22.8. The lowest BCUT2D eigenvalue weighted by Gasteiger charge is -2.26. The predicted molar refractivity (Wildman–Crippen MR) is 131 cm³/mol. The smallest absolute Gasteiger partial charge is 0.337 e. The summed E-state index contributed by atoms with van der Waals surface area (Å²) in [7, 11) is 1.37. The molecule has 0 radical (unpaired) electrons. The van der Waals surface area contributed by atoms with Gasteiger partial charge in [-0.15, -0.1) is 0 Å². The zero-order valence-electron chi connectivity index (χ0n) is 18.4. The van der Waals surface area contributed by atoms with Crippen LogP contribution < -0.4 is 5.32 Å². The Labute approximate surface area is 202 Å². The fourth-order valence-corrected chi connectivity index (χ4v) is 4.46. The molecule has 1 aliphatic heterocycles. The van der Waals surface area contributed by atoms with Gasteiger partial charge in [0.15, 0.2) is 5.11 Å². The predicted octanol–water partition coefficient (Wildman–Crippen LogP) is 4.70. The molecule has 0 unspecified atom stereocenters. The molecule has 1 N–H and O–H groups in total. The van der Waals surface area contributed by atoms with Crippen LogP contribution in [0.25, 0.3) is 11.3 Å². The van der Waals surface area contributed by atoms with Gasteiger partial charge in [-0.3, -0.25) is 9.97 Å². The van der Waals surface area contributed by atoms with Gasteiger partial charge in [0.2, 0.25) is 0 Å². The average molecular weight is 471 g/mol. The molecular formula is C26H22N4O3S. The number of carbonyl (C=O) groups excluding carboxylic acids is 1. The van der Waals surface area contributed by atoms with Gasteiger partial charge in [-0.1, -0.05) is 18.2 Å². The molecule has 0 bridgehead atoms. The number of pyridine rings is 2. The third-order valence-corrected chi connectivity index (χ3v) is 6.14. The maximum Gasteiger partial charge on any atom is 0.337 e. The minimum absolute atomic E-state index is 0.184. The molecule has 34 heavy (non-hydrogen) atoms. The first-order chi connectivity index (χ1) is 16.6. The molecule has 1 aliphatic rings. The highest BCUT2D eigenvalue weighted by Gasteiger charge is 2.41. The molecule has 0 saturated carbocycles. The molecule has 0 aliphatic carbocycles. The van der Waals surface area contributed by atoms with Gasteiger partial charge in [0.25, 0.3) is 0 Å². The molecule has 1 saturated heterocycles. The number of thiocarbonyl (C=S) groups is 1. The van der Waals surface area contributed by atoms with Gasteiger partial charge in [0, 0.05) is 30.7 Å². The molecule has 1 fully saturated rings. The number of carbonyl (C=O) groups is 1. The number of nitrogens with zero attached hydrogens (tertiary/aromatic N) is 3. The molecule has 5 rings (SSSR count). The Hall–Kier alpha value is -4.04. The summed E-state index contributed by atoms with van der Waals surface area (Å²) >= 11 is 5.73. The molecule has 170 valence electrons. The van der Waals surface area contributed by atoms with Crippen molar-refractivity contribution in [3.8, 4) is 11.3 Å². The quantitative estimate of drug-likeness (QED) is 0.321. The molecule has 3 aromatic heterocycles. The SMILES string of the molecule is COC(=O)c1cccc(-c2ccc([C@@H]3[C@@H](c4ccccn4)NC(=S)N3Cc3ccncc3)o2)c1. The van der Waals surface area contributed by atoms with Crippen molar-refractivity contribution in [2.75, 3.05) is 7.11 Å². The summed E-state index contributed by atoms with van der Waals surface area (Å²) in [6, 6.07) is 20.4. The molecule has 0 spiro atoms. The second kappa shape index (κ2) is 9.44. The van der Waals surface area contributed by atoms with Gasteiger partial charge >= 0.3 is 5.97 Å². The third kappa shape index (κ3) is 4.27. The van der Waals surface area contributed by atoms with Crippen molar-refractivity contribution in [1.82, 2.24) is 20.2 Å². The summed E-state index contributed by atoms with van der Waals surface area (Å²) in [6.45, 7) is 0.593. The van der Waals surface area contributed by atoms with Gasteiger partial charge in [-0.05, 0) is 66.3 Å². The first-order valence-electron chi connectivity index (χ1n) is 10.8. The Kier molecular flexibility index (Phi) is 6.05. The van der Waals surface area contributed by atoms with Crippen molar-refractivity contribution in [2.24, 2.45) is 0 Å². The van der Waals surface area contributed by atoms with Gasteiger partial charge < -0.3 is 19.4 Å². The van der Waals surface area contributed by atoms with Crippen LogP contribution >= 0.6 is 12.2 Å². The third-order valence-electron chi connectivity index (χ3n) is 5.79. The zero-order valence-corrected chi connectivity index (χ0v) is 19.2. The van der Waals surface area contributed by atoms with Crippen molar-refractivity contribution in [3.63, 3.8) is 0 Å². The second-order valence-corrected chi connectivity index (χ2v) is 8.27. The van der Waals surface area contributed by atoms with Crippen LogP contribution in [0.5, 0.6) is 0 Å². The standard InChI is InChI=1S/C26H22N4O3S/c1-32-25(31)19-6-4-5-18(15-19)21-8-9-22(33-21)24-23(20-7-2-3-12-28-20)29-26(34)30(24)16-17-10-13-27-14-11-17/h2-15,23-24H,16H2,1H3,(H,29,34)/t23-,24-/m1/s1. The van der Waals surface area contributed by atoms with Crippen LogP contribution in [-0.2, 0) is 11.3 Å². The Bertz CT molecular complexity index is 1310. The van der Waals surface area contributed by atoms with E-state index < -0.39 is 5.97 Å². The van der Waals surface area contributed by atoms with Crippen molar-refractivity contribution >= 4 is 23.3 Å². The first kappa shape index (κ1) is 21.8. The number of benzene rings is 1. The van der Waals surface area contributed by atoms with E-state index in [-0.39, 0.29) is 12.1 Å². The molecule has 4 aromatic rings. The van der Waals surface area contributed by atoms with Crippen LogP contribution in [0.1, 0.15) is 39.5 Å². The Morgan fingerprint density at radius 3 is 2.71 bits per heavy atom. The van der Waals surface area contributed by atoms with Gasteiger partial charge in [0.1, 0.15) is 17.6 Å². The highest BCUT2D eigenvalue weighted by Crippen LogP contribution is 2.41. The Morgan fingerprint density at radius 1 is 1.09 bits per heavy atom. The fourth-order valence-electron chi connectivity index (χ4n) is 4.15. The molecule has 8 heteroatoms. The number of hydrogen-bond donors (Lipinski definition) is 1. The zero-order chi connectivity index (χ0) is 23.5. The number of rotatable bonds is 6. The van der Waals surface area contributed by atoms with Crippen LogP contribution in [0.3, 0.4) is 0 Å². The van der Waals surface area contributed by atoms with Crippen LogP contribution in [0.4, 0.5) is 0 Å². The molecular weight excluding hydrogens is 448 g/mol. The number of methoxy groups -OCH3 is 1. The van der Waals surface area contributed by atoms with E-state index in [2.05, 4.69) is 20.2 Å². The number of ether oxygens (including phenoxy) is 1. The van der Waals surface area contributed by atoms with Crippen molar-refractivity contribution < 1.29 is 13.9 Å². The first-order valence-corrected chi connectivity index (χ1v) is 11.2. The van der Waals surface area contributed by atoms with E-state index in [1.807, 2.05) is 54.6 Å². The molecule has 7 nitrogen and oxygen atoms in total. The van der Waals surface area contributed by atoms with E-state index in [0.717, 1.165) is 22.6 Å². The normalized spacial score (nSPS) is 17.4. The second-order valence-electron chi connectivity index (χ2n) is 7.88. The van der Waals surface area contributed by atoms with Crippen molar-refractivity contribution in [2.45, 2.75) is 18.6 Å². The topological polar surface area (TPSA) is 80.5 Å². The lowest BCUT2D eigenvalue weighted by molar-refractivity contribution is 0.0601. The van der Waals surface area contributed by atoms with Gasteiger partial charge in [-0.2, -0.15) is 0 Å². The number of esters is 1. The van der Waals surface area contributed by atoms with Gasteiger partial charge in [-0.25, -0.2) is 4.79 Å². The monoisotopic (exact) mass is 470 g/mol. The van der Waals surface area contributed by atoms with Gasteiger partial charge in [0.05, 0.1) is 24.4 Å². The molecule has 2 atom stereocenters. The van der Waals surface area contributed by atoms with Crippen LogP contribution in [-0.4, -0.2) is 33.1 Å². The van der Waals surface area contributed by atoms with E-state index in [1.54, 1.807) is 30.7 Å².